The van der Waals surface area contributed by atoms with Gasteiger partial charge in [0.05, 0.1) is 24.6 Å². The quantitative estimate of drug-likeness (QED) is 0.676. The summed E-state index contributed by atoms with van der Waals surface area (Å²) >= 11 is 0. The molecule has 0 radical (unpaired) electrons. The van der Waals surface area contributed by atoms with Crippen LogP contribution in [0.15, 0.2) is 18.2 Å². The van der Waals surface area contributed by atoms with E-state index in [1.807, 2.05) is 0 Å². The van der Waals surface area contributed by atoms with Gasteiger partial charge in [-0.3, -0.25) is 14.5 Å². The van der Waals surface area contributed by atoms with Gasteiger partial charge in [-0.2, -0.15) is 13.2 Å². The van der Waals surface area contributed by atoms with E-state index in [-0.39, 0.29) is 31.1 Å². The zero-order valence-corrected chi connectivity index (χ0v) is 20.3. The van der Waals surface area contributed by atoms with Crippen molar-refractivity contribution in [2.24, 2.45) is 17.8 Å². The van der Waals surface area contributed by atoms with Gasteiger partial charge in [-0.05, 0) is 62.8 Å². The topological polar surface area (TPSA) is 79.3 Å². The maximum atomic E-state index is 13.3. The highest BCUT2D eigenvalue weighted by Crippen LogP contribution is 2.37. The van der Waals surface area contributed by atoms with E-state index in [4.69, 9.17) is 9.47 Å². The summed E-state index contributed by atoms with van der Waals surface area (Å²) in [5.74, 6) is -0.739. The molecular weight excluding hydrogens is 465 g/mol. The molecule has 1 aromatic rings. The largest absolute Gasteiger partial charge is 0.481 e. The fourth-order valence-electron chi connectivity index (χ4n) is 5.60. The smallest absolute Gasteiger partial charge is 0.416 e. The average molecular weight is 499 g/mol. The first-order valence-corrected chi connectivity index (χ1v) is 12.1. The number of ether oxygens (including phenoxy) is 2. The minimum atomic E-state index is -4.47. The van der Waals surface area contributed by atoms with Gasteiger partial charge >= 0.3 is 12.1 Å². The van der Waals surface area contributed by atoms with Gasteiger partial charge in [-0.25, -0.2) is 0 Å². The Bertz CT molecular complexity index is 959. The molecule has 0 aromatic heterocycles. The predicted octanol–water partition coefficient (Wildman–Crippen LogP) is 4.00. The van der Waals surface area contributed by atoms with Crippen molar-refractivity contribution in [2.75, 3.05) is 26.4 Å². The van der Waals surface area contributed by atoms with Crippen LogP contribution < -0.4 is 4.74 Å². The van der Waals surface area contributed by atoms with Gasteiger partial charge in [-0.1, -0.05) is 13.8 Å². The average Bonchev–Trinajstić information content (AvgIpc) is 2.82. The first-order chi connectivity index (χ1) is 16.4. The van der Waals surface area contributed by atoms with E-state index < -0.39 is 29.2 Å². The van der Waals surface area contributed by atoms with Crippen LogP contribution in [-0.4, -0.2) is 64.9 Å². The van der Waals surface area contributed by atoms with Crippen molar-refractivity contribution in [1.82, 2.24) is 9.80 Å². The van der Waals surface area contributed by atoms with Gasteiger partial charge in [0, 0.05) is 18.2 Å². The summed E-state index contributed by atoms with van der Waals surface area (Å²) in [4.78, 5) is 28.7. The summed E-state index contributed by atoms with van der Waals surface area (Å²) in [7, 11) is 0. The van der Waals surface area contributed by atoms with Crippen LogP contribution in [0, 0.1) is 17.8 Å². The first kappa shape index (κ1) is 25.8. The second-order valence-corrected chi connectivity index (χ2v) is 10.5. The number of likely N-dealkylation sites (tertiary alicyclic amines) is 1. The lowest BCUT2D eigenvalue weighted by molar-refractivity contribution is -0.173. The Kier molecular flexibility index (Phi) is 7.07. The van der Waals surface area contributed by atoms with Crippen LogP contribution in [0.2, 0.25) is 0 Å². The highest BCUT2D eigenvalue weighted by Gasteiger charge is 2.45. The van der Waals surface area contributed by atoms with E-state index >= 15 is 0 Å². The van der Waals surface area contributed by atoms with Crippen LogP contribution >= 0.6 is 0 Å². The maximum absolute atomic E-state index is 13.3. The predicted molar refractivity (Wildman–Crippen MR) is 121 cm³/mol. The third-order valence-corrected chi connectivity index (χ3v) is 7.80. The van der Waals surface area contributed by atoms with Gasteiger partial charge in [0.15, 0.2) is 6.73 Å². The van der Waals surface area contributed by atoms with Gasteiger partial charge in [-0.15, -0.1) is 0 Å². The second kappa shape index (κ2) is 9.61. The number of halogens is 3. The van der Waals surface area contributed by atoms with Crippen molar-refractivity contribution in [3.05, 3.63) is 29.3 Å². The molecule has 0 saturated carbocycles. The Hall–Kier alpha value is -2.33. The van der Waals surface area contributed by atoms with Crippen LogP contribution in [0.25, 0.3) is 0 Å². The monoisotopic (exact) mass is 498 g/mol. The first-order valence-electron chi connectivity index (χ1n) is 12.1. The van der Waals surface area contributed by atoms with E-state index in [0.29, 0.717) is 43.2 Å². The van der Waals surface area contributed by atoms with E-state index in [1.165, 1.54) is 11.0 Å². The summed E-state index contributed by atoms with van der Waals surface area (Å²) in [5, 5.41) is 9.72. The molecule has 1 aromatic carbocycles. The number of rotatable bonds is 4. The van der Waals surface area contributed by atoms with E-state index in [0.717, 1.165) is 25.1 Å². The highest BCUT2D eigenvalue weighted by atomic mass is 19.4. The lowest BCUT2D eigenvalue weighted by atomic mass is 9.77. The minimum absolute atomic E-state index is 0.0173. The minimum Gasteiger partial charge on any atom is -0.481 e. The van der Waals surface area contributed by atoms with Crippen LogP contribution in [0.4, 0.5) is 13.2 Å². The number of hydrogen-bond acceptors (Lipinski definition) is 5. The fraction of sp³-hybridized carbons (Fsp3) is 0.680. The molecule has 0 bridgehead atoms. The third-order valence-electron chi connectivity index (χ3n) is 7.80. The normalized spacial score (nSPS) is 30.0. The van der Waals surface area contributed by atoms with Gasteiger partial charge in [0.2, 0.25) is 0 Å². The molecule has 1 amide bonds. The number of carbonyl (C=O) groups excluding carboxylic acids is 1. The summed E-state index contributed by atoms with van der Waals surface area (Å²) < 4.78 is 50.9. The zero-order chi connectivity index (χ0) is 25.5. The summed E-state index contributed by atoms with van der Waals surface area (Å²) in [6, 6.07) is 3.31. The Morgan fingerprint density at radius 2 is 1.97 bits per heavy atom. The molecule has 1 unspecified atom stereocenters. The molecule has 3 aliphatic heterocycles. The lowest BCUT2D eigenvalue weighted by Crippen LogP contribution is -2.57. The number of carboxylic acids is 1. The SMILES string of the molecule is CC(C)[C@H]1CCN([C@@H]2CC[C@](C)(C(=O)N3COc4ccc(C(F)(F)F)cc4C3)OC2)CC1C(=O)O. The van der Waals surface area contributed by atoms with Crippen molar-refractivity contribution >= 4 is 11.9 Å². The molecular formula is C25H33F3N2O5. The number of carboxylic acid groups (broad SMARTS) is 1. The van der Waals surface area contributed by atoms with Crippen LogP contribution in [0.1, 0.15) is 51.2 Å². The Balaban J connectivity index is 1.38. The highest BCUT2D eigenvalue weighted by molar-refractivity contribution is 5.85. The molecule has 0 spiro atoms. The fourth-order valence-corrected chi connectivity index (χ4v) is 5.60. The number of amides is 1. The number of alkyl halides is 3. The van der Waals surface area contributed by atoms with Crippen LogP contribution in [-0.2, 0) is 27.0 Å². The summed E-state index contributed by atoms with van der Waals surface area (Å²) in [6.45, 7) is 7.35. The van der Waals surface area contributed by atoms with Crippen LogP contribution in [0.5, 0.6) is 5.75 Å². The molecule has 3 aliphatic rings. The molecule has 2 fully saturated rings. The van der Waals surface area contributed by atoms with Gasteiger partial charge < -0.3 is 19.5 Å². The molecule has 7 nitrogen and oxygen atoms in total. The molecule has 1 N–H and O–H groups in total. The van der Waals surface area contributed by atoms with Gasteiger partial charge in [0.25, 0.3) is 5.91 Å². The van der Waals surface area contributed by atoms with E-state index in [2.05, 4.69) is 18.7 Å². The Morgan fingerprint density at radius 3 is 2.57 bits per heavy atom. The Morgan fingerprint density at radius 1 is 1.23 bits per heavy atom. The number of nitrogens with zero attached hydrogens (tertiary/aromatic N) is 2. The van der Waals surface area contributed by atoms with Gasteiger partial charge in [0.1, 0.15) is 11.4 Å². The molecule has 10 heteroatoms. The summed E-state index contributed by atoms with van der Waals surface area (Å²) in [5.41, 5.74) is -1.58. The van der Waals surface area contributed by atoms with E-state index in [1.54, 1.807) is 6.92 Å². The third kappa shape index (κ3) is 5.28. The molecule has 2 saturated heterocycles. The molecule has 3 heterocycles. The standard InChI is InChI=1S/C25H33F3N2O5/c1-15(2)19-7-9-29(12-20(19)22(31)32)18-6-8-24(3,35-13-18)23(33)30-11-16-10-17(25(26,27)28)4-5-21(16)34-14-30/h4-5,10,15,18-20H,6-9,11-14H2,1-3H3,(H,31,32)/t18-,19-,20?,24-/m1/s1. The van der Waals surface area contributed by atoms with E-state index in [9.17, 15) is 27.9 Å². The summed E-state index contributed by atoms with van der Waals surface area (Å²) in [6.07, 6.45) is -2.56. The molecule has 4 atom stereocenters. The number of benzene rings is 1. The van der Waals surface area contributed by atoms with Crippen LogP contribution in [0.3, 0.4) is 0 Å². The van der Waals surface area contributed by atoms with Crippen molar-refractivity contribution in [3.63, 3.8) is 0 Å². The number of carbonyl (C=O) groups is 2. The number of fused-ring (bicyclic) bond motifs is 1. The van der Waals surface area contributed by atoms with Crippen molar-refractivity contribution in [3.8, 4) is 5.75 Å². The van der Waals surface area contributed by atoms with Crippen molar-refractivity contribution < 1.29 is 37.3 Å². The second-order valence-electron chi connectivity index (χ2n) is 10.5. The number of hydrogen-bond donors (Lipinski definition) is 1. The molecule has 4 rings (SSSR count). The number of piperidine rings is 1. The Labute approximate surface area is 203 Å². The number of aliphatic carboxylic acids is 1. The molecule has 0 aliphatic carbocycles. The zero-order valence-electron chi connectivity index (χ0n) is 20.3. The molecule has 194 valence electrons. The maximum Gasteiger partial charge on any atom is 0.416 e. The lowest BCUT2D eigenvalue weighted by Gasteiger charge is -2.46. The molecule has 35 heavy (non-hydrogen) atoms. The van der Waals surface area contributed by atoms with Crippen molar-refractivity contribution in [1.29, 1.82) is 0 Å². The van der Waals surface area contributed by atoms with Crippen molar-refractivity contribution in [2.45, 2.75) is 64.4 Å².